The molecule has 0 radical (unpaired) electrons. The molecule has 3 aromatic heterocycles. The van der Waals surface area contributed by atoms with Gasteiger partial charge in [-0.2, -0.15) is 10.2 Å². The molecule has 1 N–H and O–H groups in total. The fraction of sp³-hybridized carbons (Fsp3) is 0.320. The number of carbonyl (C=O) groups excluding carboxylic acids is 1. The third-order valence-electron chi connectivity index (χ3n) is 5.66. The zero-order valence-corrected chi connectivity index (χ0v) is 22.6. The molecule has 0 aliphatic rings. The number of thiophene rings is 1. The Kier molecular flexibility index (Phi) is 6.95. The molecule has 3 heterocycles. The van der Waals surface area contributed by atoms with Crippen molar-refractivity contribution in [1.82, 2.24) is 19.6 Å². The standard InChI is InChI=1S/C25H28BrN5O2S/c1-14-7-15(2)9-21(8-14)33-11-20-10-22(34-12-20)25(32)27-24-17(4)29-31(19(24)6)13-30-18(5)23(26)16(3)28-30/h7-10,12H,11,13H2,1-6H3,(H,27,32). The largest absolute Gasteiger partial charge is 0.489 e. The van der Waals surface area contributed by atoms with E-state index in [9.17, 15) is 4.79 Å². The summed E-state index contributed by atoms with van der Waals surface area (Å²) in [5, 5.41) is 14.2. The van der Waals surface area contributed by atoms with Gasteiger partial charge in [0.15, 0.2) is 0 Å². The molecule has 9 heteroatoms. The number of anilines is 1. The van der Waals surface area contributed by atoms with Gasteiger partial charge in [-0.05, 0) is 92.2 Å². The minimum atomic E-state index is -0.151. The number of amides is 1. The van der Waals surface area contributed by atoms with Gasteiger partial charge in [-0.15, -0.1) is 11.3 Å². The van der Waals surface area contributed by atoms with Crippen molar-refractivity contribution in [2.24, 2.45) is 0 Å². The van der Waals surface area contributed by atoms with Crippen molar-refractivity contribution in [1.29, 1.82) is 0 Å². The van der Waals surface area contributed by atoms with Crippen LogP contribution < -0.4 is 10.1 Å². The quantitative estimate of drug-likeness (QED) is 0.307. The Morgan fingerprint density at radius 2 is 1.62 bits per heavy atom. The normalized spacial score (nSPS) is 11.1. The van der Waals surface area contributed by atoms with Crippen LogP contribution in [0, 0.1) is 41.5 Å². The number of aryl methyl sites for hydroxylation is 4. The Hall–Kier alpha value is -2.91. The predicted molar refractivity (Wildman–Crippen MR) is 139 cm³/mol. The van der Waals surface area contributed by atoms with Gasteiger partial charge in [0, 0.05) is 5.56 Å². The first-order valence-electron chi connectivity index (χ1n) is 11.0. The van der Waals surface area contributed by atoms with Gasteiger partial charge in [0.05, 0.1) is 37.8 Å². The number of rotatable bonds is 7. The molecular weight excluding hydrogens is 514 g/mol. The van der Waals surface area contributed by atoms with Gasteiger partial charge in [0.2, 0.25) is 0 Å². The number of halogens is 1. The third kappa shape index (κ3) is 5.10. The molecule has 0 aliphatic heterocycles. The minimum absolute atomic E-state index is 0.151. The lowest BCUT2D eigenvalue weighted by molar-refractivity contribution is 0.103. The lowest BCUT2D eigenvalue weighted by Gasteiger charge is -2.08. The second-order valence-corrected chi connectivity index (χ2v) is 10.3. The van der Waals surface area contributed by atoms with Crippen LogP contribution in [0.2, 0.25) is 0 Å². The molecule has 0 saturated carbocycles. The van der Waals surface area contributed by atoms with Gasteiger partial charge in [-0.3, -0.25) is 4.79 Å². The summed E-state index contributed by atoms with van der Waals surface area (Å²) in [4.78, 5) is 13.6. The van der Waals surface area contributed by atoms with Crippen LogP contribution in [0.1, 0.15) is 49.1 Å². The second-order valence-electron chi connectivity index (χ2n) is 8.56. The monoisotopic (exact) mass is 541 g/mol. The summed E-state index contributed by atoms with van der Waals surface area (Å²) in [5.41, 5.74) is 7.63. The van der Waals surface area contributed by atoms with Crippen LogP contribution in [0.25, 0.3) is 0 Å². The van der Waals surface area contributed by atoms with E-state index < -0.39 is 0 Å². The fourth-order valence-corrected chi connectivity index (χ4v) is 4.96. The number of nitrogens with one attached hydrogen (secondary N) is 1. The first kappa shape index (κ1) is 24.2. The summed E-state index contributed by atoms with van der Waals surface area (Å²) in [6.07, 6.45) is 0. The molecule has 1 aromatic carbocycles. The Balaban J connectivity index is 1.44. The Morgan fingerprint density at radius 3 is 2.26 bits per heavy atom. The van der Waals surface area contributed by atoms with E-state index in [0.29, 0.717) is 18.2 Å². The number of hydrogen-bond donors (Lipinski definition) is 1. The van der Waals surface area contributed by atoms with Crippen LogP contribution in [0.15, 0.2) is 34.1 Å². The van der Waals surface area contributed by atoms with Crippen molar-refractivity contribution in [2.75, 3.05) is 5.32 Å². The van der Waals surface area contributed by atoms with E-state index in [1.165, 1.54) is 11.3 Å². The fourth-order valence-electron chi connectivity index (χ4n) is 3.88. The van der Waals surface area contributed by atoms with Gasteiger partial charge in [-0.1, -0.05) is 6.07 Å². The summed E-state index contributed by atoms with van der Waals surface area (Å²) in [6.45, 7) is 12.8. The third-order valence-corrected chi connectivity index (χ3v) is 7.78. The summed E-state index contributed by atoms with van der Waals surface area (Å²) in [6, 6.07) is 8.02. The molecular formula is C25H28BrN5O2S. The number of benzene rings is 1. The molecule has 34 heavy (non-hydrogen) atoms. The average Bonchev–Trinajstić information content (AvgIpc) is 3.42. The maximum atomic E-state index is 13.0. The first-order chi connectivity index (χ1) is 16.1. The van der Waals surface area contributed by atoms with Crippen LogP contribution in [-0.4, -0.2) is 25.5 Å². The van der Waals surface area contributed by atoms with Gasteiger partial charge < -0.3 is 10.1 Å². The van der Waals surface area contributed by atoms with Gasteiger partial charge in [0.25, 0.3) is 5.91 Å². The van der Waals surface area contributed by atoms with E-state index in [2.05, 4.69) is 51.4 Å². The van der Waals surface area contributed by atoms with E-state index in [1.807, 2.05) is 60.6 Å². The van der Waals surface area contributed by atoms with Crippen LogP contribution in [0.3, 0.4) is 0 Å². The highest BCUT2D eigenvalue weighted by Crippen LogP contribution is 2.25. The zero-order chi connectivity index (χ0) is 24.6. The summed E-state index contributed by atoms with van der Waals surface area (Å²) >= 11 is 4.97. The van der Waals surface area contributed by atoms with E-state index in [1.54, 1.807) is 0 Å². The Morgan fingerprint density at radius 1 is 0.971 bits per heavy atom. The molecule has 0 bridgehead atoms. The second kappa shape index (κ2) is 9.76. The number of nitrogens with zero attached hydrogens (tertiary/aromatic N) is 4. The van der Waals surface area contributed by atoms with E-state index in [0.717, 1.165) is 55.4 Å². The highest BCUT2D eigenvalue weighted by Gasteiger charge is 2.18. The van der Waals surface area contributed by atoms with Gasteiger partial charge in [-0.25, -0.2) is 9.36 Å². The Bertz CT molecular complexity index is 1350. The molecule has 0 aliphatic carbocycles. The van der Waals surface area contributed by atoms with E-state index >= 15 is 0 Å². The predicted octanol–water partition coefficient (Wildman–Crippen LogP) is 6.09. The van der Waals surface area contributed by atoms with Crippen molar-refractivity contribution in [2.45, 2.75) is 54.8 Å². The maximum Gasteiger partial charge on any atom is 0.265 e. The number of ether oxygens (including phenoxy) is 1. The summed E-state index contributed by atoms with van der Waals surface area (Å²) < 4.78 is 10.7. The first-order valence-corrected chi connectivity index (χ1v) is 12.6. The van der Waals surface area contributed by atoms with Crippen LogP contribution >= 0.6 is 27.3 Å². The van der Waals surface area contributed by atoms with Crippen LogP contribution in [0.4, 0.5) is 5.69 Å². The molecule has 178 valence electrons. The van der Waals surface area contributed by atoms with Gasteiger partial charge in [0.1, 0.15) is 19.0 Å². The maximum absolute atomic E-state index is 13.0. The smallest absolute Gasteiger partial charge is 0.265 e. The van der Waals surface area contributed by atoms with Crippen LogP contribution in [0.5, 0.6) is 5.75 Å². The molecule has 0 unspecified atom stereocenters. The van der Waals surface area contributed by atoms with E-state index in [4.69, 9.17) is 4.74 Å². The molecule has 0 atom stereocenters. The molecule has 1 amide bonds. The van der Waals surface area contributed by atoms with Crippen molar-refractivity contribution < 1.29 is 9.53 Å². The number of hydrogen-bond acceptors (Lipinski definition) is 5. The summed E-state index contributed by atoms with van der Waals surface area (Å²) in [5.74, 6) is 0.685. The molecule has 4 aromatic rings. The lowest BCUT2D eigenvalue weighted by atomic mass is 10.1. The lowest BCUT2D eigenvalue weighted by Crippen LogP contribution is -2.15. The van der Waals surface area contributed by atoms with Crippen molar-refractivity contribution in [3.8, 4) is 5.75 Å². The molecule has 0 saturated heterocycles. The Labute approximate surface area is 211 Å². The average molecular weight is 543 g/mol. The molecule has 7 nitrogen and oxygen atoms in total. The number of aromatic nitrogens is 4. The van der Waals surface area contributed by atoms with Crippen molar-refractivity contribution >= 4 is 38.9 Å². The highest BCUT2D eigenvalue weighted by molar-refractivity contribution is 9.10. The molecule has 4 rings (SSSR count). The van der Waals surface area contributed by atoms with E-state index in [-0.39, 0.29) is 5.91 Å². The van der Waals surface area contributed by atoms with Crippen molar-refractivity contribution in [3.05, 3.63) is 78.5 Å². The topological polar surface area (TPSA) is 74.0 Å². The summed E-state index contributed by atoms with van der Waals surface area (Å²) in [7, 11) is 0. The zero-order valence-electron chi connectivity index (χ0n) is 20.2. The SMILES string of the molecule is Cc1cc(C)cc(OCc2csc(C(=O)Nc3c(C)nn(Cn4nc(C)c(Br)c4C)c3C)c2)c1. The minimum Gasteiger partial charge on any atom is -0.489 e. The molecule has 0 spiro atoms. The molecule has 0 fully saturated rings. The van der Waals surface area contributed by atoms with Crippen molar-refractivity contribution in [3.63, 3.8) is 0 Å². The van der Waals surface area contributed by atoms with Crippen LogP contribution in [-0.2, 0) is 13.3 Å². The highest BCUT2D eigenvalue weighted by atomic mass is 79.9. The number of carbonyl (C=O) groups is 1. The van der Waals surface area contributed by atoms with Gasteiger partial charge >= 0.3 is 0 Å².